The van der Waals surface area contributed by atoms with Crippen LogP contribution in [0, 0.1) is 11.3 Å². The van der Waals surface area contributed by atoms with E-state index in [0.29, 0.717) is 18.9 Å². The third-order valence-corrected chi connectivity index (χ3v) is 5.20. The summed E-state index contributed by atoms with van der Waals surface area (Å²) in [5.41, 5.74) is -0.365. The van der Waals surface area contributed by atoms with E-state index in [1.807, 2.05) is 0 Å². The van der Waals surface area contributed by atoms with Crippen LogP contribution >= 0.6 is 0 Å². The van der Waals surface area contributed by atoms with Gasteiger partial charge in [-0.15, -0.1) is 0 Å². The van der Waals surface area contributed by atoms with Gasteiger partial charge in [0.2, 0.25) is 11.8 Å². The van der Waals surface area contributed by atoms with Crippen molar-refractivity contribution in [1.29, 1.82) is 0 Å². The Morgan fingerprint density at radius 2 is 1.74 bits per heavy atom. The second-order valence-corrected chi connectivity index (χ2v) is 6.67. The summed E-state index contributed by atoms with van der Waals surface area (Å²) in [5.74, 6) is 0.429. The van der Waals surface area contributed by atoms with Crippen molar-refractivity contribution in [2.45, 2.75) is 63.9 Å². The molecule has 0 radical (unpaired) electrons. The minimum absolute atomic E-state index is 0.0216. The molecule has 3 aliphatic rings. The maximum Gasteiger partial charge on any atom is 0.235 e. The quantitative estimate of drug-likeness (QED) is 0.775. The van der Waals surface area contributed by atoms with Gasteiger partial charge in [-0.1, -0.05) is 25.7 Å². The van der Waals surface area contributed by atoms with Crippen LogP contribution in [0.25, 0.3) is 0 Å². The number of aliphatic hydroxyl groups is 1. The van der Waals surface area contributed by atoms with Gasteiger partial charge in [0.25, 0.3) is 0 Å². The van der Waals surface area contributed by atoms with Crippen molar-refractivity contribution in [3.8, 4) is 0 Å². The lowest BCUT2D eigenvalue weighted by atomic mass is 9.78. The minimum Gasteiger partial charge on any atom is -0.393 e. The summed E-state index contributed by atoms with van der Waals surface area (Å²) in [6.07, 6.45) is 8.02. The highest BCUT2D eigenvalue weighted by Crippen LogP contribution is 2.45. The first-order valence-electron chi connectivity index (χ1n) is 7.64. The molecule has 0 aromatic rings. The average molecular weight is 265 g/mol. The number of carbonyl (C=O) groups is 2. The average Bonchev–Trinajstić information content (AvgIpc) is 2.54. The highest BCUT2D eigenvalue weighted by molar-refractivity contribution is 6.05. The minimum atomic E-state index is -0.365. The third-order valence-electron chi connectivity index (χ3n) is 5.20. The van der Waals surface area contributed by atoms with Crippen molar-refractivity contribution >= 4 is 11.8 Å². The summed E-state index contributed by atoms with van der Waals surface area (Å²) in [4.78, 5) is 26.3. The lowest BCUT2D eigenvalue weighted by Gasteiger charge is -2.34. The molecule has 0 aromatic heterocycles. The molecule has 1 saturated heterocycles. The Morgan fingerprint density at radius 1 is 1.11 bits per heavy atom. The normalized spacial score (nSPS) is 34.5. The summed E-state index contributed by atoms with van der Waals surface area (Å²) in [5, 5.41) is 9.32. The monoisotopic (exact) mass is 265 g/mol. The number of aliphatic hydroxyl groups excluding tert-OH is 1. The van der Waals surface area contributed by atoms with Gasteiger partial charge in [-0.25, -0.2) is 0 Å². The largest absolute Gasteiger partial charge is 0.393 e. The maximum absolute atomic E-state index is 12.6. The van der Waals surface area contributed by atoms with Crippen LogP contribution in [-0.4, -0.2) is 34.5 Å². The topological polar surface area (TPSA) is 57.6 Å². The van der Waals surface area contributed by atoms with Crippen LogP contribution in [0.2, 0.25) is 0 Å². The van der Waals surface area contributed by atoms with Crippen LogP contribution < -0.4 is 0 Å². The van der Waals surface area contributed by atoms with Gasteiger partial charge in [-0.3, -0.25) is 14.5 Å². The highest BCUT2D eigenvalue weighted by Gasteiger charge is 2.51. The van der Waals surface area contributed by atoms with E-state index in [1.165, 1.54) is 17.7 Å². The van der Waals surface area contributed by atoms with E-state index >= 15 is 0 Å². The van der Waals surface area contributed by atoms with E-state index in [4.69, 9.17) is 0 Å². The molecule has 2 saturated carbocycles. The van der Waals surface area contributed by atoms with Gasteiger partial charge in [0.15, 0.2) is 0 Å². The number of carbonyl (C=O) groups excluding carboxylic acids is 2. The Hall–Kier alpha value is -0.900. The number of amides is 2. The number of likely N-dealkylation sites (tertiary alicyclic amines) is 1. The van der Waals surface area contributed by atoms with Crippen LogP contribution in [0.5, 0.6) is 0 Å². The van der Waals surface area contributed by atoms with Crippen molar-refractivity contribution < 1.29 is 14.7 Å². The number of hydrogen-bond donors (Lipinski definition) is 1. The smallest absolute Gasteiger partial charge is 0.235 e. The van der Waals surface area contributed by atoms with E-state index in [1.54, 1.807) is 0 Å². The maximum atomic E-state index is 12.6. The number of hydrogen-bond acceptors (Lipinski definition) is 3. The third kappa shape index (κ3) is 2.31. The Balaban J connectivity index is 1.69. The Kier molecular flexibility index (Phi) is 3.37. The summed E-state index contributed by atoms with van der Waals surface area (Å²) in [6.45, 7) is 0.538. The summed E-state index contributed by atoms with van der Waals surface area (Å²) in [6, 6.07) is 0. The fraction of sp³-hybridized carbons (Fsp3) is 0.867. The highest BCUT2D eigenvalue weighted by atomic mass is 16.3. The molecule has 1 spiro atoms. The summed E-state index contributed by atoms with van der Waals surface area (Å²) in [7, 11) is 0. The van der Waals surface area contributed by atoms with Crippen LogP contribution in [-0.2, 0) is 9.59 Å². The predicted molar refractivity (Wildman–Crippen MR) is 70.2 cm³/mol. The van der Waals surface area contributed by atoms with Crippen molar-refractivity contribution in [2.75, 3.05) is 6.54 Å². The molecule has 19 heavy (non-hydrogen) atoms. The van der Waals surface area contributed by atoms with Gasteiger partial charge >= 0.3 is 0 Å². The first-order chi connectivity index (χ1) is 9.11. The predicted octanol–water partition coefficient (Wildman–Crippen LogP) is 1.86. The Bertz CT molecular complexity index is 379. The van der Waals surface area contributed by atoms with Crippen molar-refractivity contribution in [1.82, 2.24) is 4.90 Å². The molecular weight excluding hydrogens is 242 g/mol. The van der Waals surface area contributed by atoms with Gasteiger partial charge in [0.05, 0.1) is 11.5 Å². The first kappa shape index (κ1) is 13.1. The lowest BCUT2D eigenvalue weighted by molar-refractivity contribution is -0.143. The van der Waals surface area contributed by atoms with E-state index in [-0.39, 0.29) is 23.3 Å². The van der Waals surface area contributed by atoms with E-state index in [2.05, 4.69) is 0 Å². The molecule has 0 aromatic carbocycles. The van der Waals surface area contributed by atoms with Crippen molar-refractivity contribution in [2.24, 2.45) is 11.3 Å². The van der Waals surface area contributed by atoms with Gasteiger partial charge in [-0.05, 0) is 31.6 Å². The fourth-order valence-corrected chi connectivity index (χ4v) is 3.95. The zero-order valence-electron chi connectivity index (χ0n) is 11.4. The van der Waals surface area contributed by atoms with Gasteiger partial charge in [0.1, 0.15) is 0 Å². The molecule has 4 heteroatoms. The molecule has 4 nitrogen and oxygen atoms in total. The van der Waals surface area contributed by atoms with Crippen LogP contribution in [0.1, 0.15) is 57.8 Å². The van der Waals surface area contributed by atoms with Gasteiger partial charge < -0.3 is 5.11 Å². The van der Waals surface area contributed by atoms with Crippen LogP contribution in [0.3, 0.4) is 0 Å². The SMILES string of the molecule is O=C1CC2(CCCCCC2)C(=O)N1CC1CC(O)C1. The van der Waals surface area contributed by atoms with E-state index in [9.17, 15) is 14.7 Å². The number of nitrogens with zero attached hydrogens (tertiary/aromatic N) is 1. The fourth-order valence-electron chi connectivity index (χ4n) is 3.95. The second-order valence-electron chi connectivity index (χ2n) is 6.67. The van der Waals surface area contributed by atoms with E-state index in [0.717, 1.165) is 38.5 Å². The van der Waals surface area contributed by atoms with E-state index < -0.39 is 0 Å². The molecule has 0 unspecified atom stereocenters. The number of rotatable bonds is 2. The summed E-state index contributed by atoms with van der Waals surface area (Å²) >= 11 is 0. The van der Waals surface area contributed by atoms with Crippen molar-refractivity contribution in [3.05, 3.63) is 0 Å². The molecule has 1 heterocycles. The number of imide groups is 1. The molecule has 3 fully saturated rings. The molecule has 2 amide bonds. The molecule has 0 bridgehead atoms. The lowest BCUT2D eigenvalue weighted by Crippen LogP contribution is -2.43. The van der Waals surface area contributed by atoms with Gasteiger partial charge in [-0.2, -0.15) is 0 Å². The molecule has 2 aliphatic carbocycles. The standard InChI is InChI=1S/C15H23NO3/c17-12-7-11(8-12)10-16-13(18)9-15(14(16)19)5-3-1-2-4-6-15/h11-12,17H,1-10H2. The zero-order valence-corrected chi connectivity index (χ0v) is 11.4. The molecule has 3 rings (SSSR count). The Labute approximate surface area is 114 Å². The van der Waals surface area contributed by atoms with Crippen LogP contribution in [0.4, 0.5) is 0 Å². The van der Waals surface area contributed by atoms with Gasteiger partial charge in [0, 0.05) is 13.0 Å². The van der Waals surface area contributed by atoms with Crippen LogP contribution in [0.15, 0.2) is 0 Å². The first-order valence-corrected chi connectivity index (χ1v) is 7.64. The molecule has 1 aliphatic heterocycles. The molecule has 106 valence electrons. The van der Waals surface area contributed by atoms with Crippen molar-refractivity contribution in [3.63, 3.8) is 0 Å². The Morgan fingerprint density at radius 3 is 2.32 bits per heavy atom. The molecule has 1 N–H and O–H groups in total. The molecular formula is C15H23NO3. The molecule has 0 atom stereocenters. The zero-order chi connectivity index (χ0) is 13.5. The summed E-state index contributed by atoms with van der Waals surface area (Å²) < 4.78 is 0. The second kappa shape index (κ2) is 4.89.